The van der Waals surface area contributed by atoms with Crippen LogP contribution in [-0.4, -0.2) is 27.6 Å². The Bertz CT molecular complexity index is 1020. The van der Waals surface area contributed by atoms with E-state index in [0.717, 1.165) is 53.5 Å². The van der Waals surface area contributed by atoms with E-state index < -0.39 is 5.60 Å². The van der Waals surface area contributed by atoms with Crippen LogP contribution in [0.15, 0.2) is 47.2 Å². The number of furan rings is 1. The molecular weight excluding hydrogens is 364 g/mol. The maximum Gasteiger partial charge on any atom is 0.251 e. The van der Waals surface area contributed by atoms with Crippen LogP contribution in [0.3, 0.4) is 0 Å². The maximum absolute atomic E-state index is 12.8. The minimum absolute atomic E-state index is 0.0409. The van der Waals surface area contributed by atoms with E-state index in [9.17, 15) is 9.90 Å². The first kappa shape index (κ1) is 19.6. The zero-order chi connectivity index (χ0) is 20.6. The molecule has 1 aliphatic carbocycles. The number of benzene rings is 1. The maximum atomic E-state index is 12.8. The van der Waals surface area contributed by atoms with Crippen molar-refractivity contribution in [3.63, 3.8) is 0 Å². The normalized spacial score (nSPS) is 20.0. The standard InChI is InChI=1S/C24H28N2O3/c1-15-14-16(23(27)26-18-7-5-17(6-8-18)24(2,3)28)4-9-19(15)22-20-11-13-29-21(20)10-12-25-22/h4,9-14,17-18,28H,5-8H2,1-3H3,(H,26,27)/t17-,18-. The summed E-state index contributed by atoms with van der Waals surface area (Å²) in [7, 11) is 0. The van der Waals surface area contributed by atoms with Gasteiger partial charge in [0.15, 0.2) is 0 Å². The number of pyridine rings is 1. The van der Waals surface area contributed by atoms with Crippen LogP contribution >= 0.6 is 0 Å². The fourth-order valence-corrected chi connectivity index (χ4v) is 4.39. The van der Waals surface area contributed by atoms with Gasteiger partial charge in [0, 0.05) is 28.8 Å². The zero-order valence-corrected chi connectivity index (χ0v) is 17.2. The predicted octanol–water partition coefficient (Wildman–Crippen LogP) is 4.86. The topological polar surface area (TPSA) is 75.4 Å². The number of nitrogens with zero attached hydrogens (tertiary/aromatic N) is 1. The van der Waals surface area contributed by atoms with Gasteiger partial charge >= 0.3 is 0 Å². The van der Waals surface area contributed by atoms with Gasteiger partial charge in [0.1, 0.15) is 5.58 Å². The van der Waals surface area contributed by atoms with Crippen LogP contribution in [0.2, 0.25) is 0 Å². The van der Waals surface area contributed by atoms with E-state index in [1.54, 1.807) is 12.5 Å². The van der Waals surface area contributed by atoms with Crippen LogP contribution < -0.4 is 5.32 Å². The fourth-order valence-electron chi connectivity index (χ4n) is 4.39. The van der Waals surface area contributed by atoms with Gasteiger partial charge in [0.05, 0.1) is 17.6 Å². The Morgan fingerprint density at radius 3 is 2.62 bits per heavy atom. The molecule has 0 atom stereocenters. The number of rotatable bonds is 4. The first-order valence-electron chi connectivity index (χ1n) is 10.3. The van der Waals surface area contributed by atoms with Gasteiger partial charge in [-0.3, -0.25) is 9.78 Å². The van der Waals surface area contributed by atoms with Crippen molar-refractivity contribution in [3.8, 4) is 11.3 Å². The molecule has 1 aromatic carbocycles. The van der Waals surface area contributed by atoms with E-state index in [2.05, 4.69) is 10.3 Å². The SMILES string of the molecule is Cc1cc(C(=O)N[C@H]2CC[C@H](C(C)(C)O)CC2)ccc1-c1nccc2occc12. The molecule has 5 nitrogen and oxygen atoms in total. The Labute approximate surface area is 171 Å². The molecule has 2 aromatic heterocycles. The van der Waals surface area contributed by atoms with E-state index in [-0.39, 0.29) is 11.9 Å². The highest BCUT2D eigenvalue weighted by Crippen LogP contribution is 2.33. The van der Waals surface area contributed by atoms with Crippen LogP contribution in [0.5, 0.6) is 0 Å². The highest BCUT2D eigenvalue weighted by atomic mass is 16.3. The Kier molecular flexibility index (Phi) is 5.17. The van der Waals surface area contributed by atoms with Gasteiger partial charge in [-0.25, -0.2) is 0 Å². The van der Waals surface area contributed by atoms with Gasteiger partial charge in [-0.2, -0.15) is 0 Å². The van der Waals surface area contributed by atoms with Crippen molar-refractivity contribution in [1.29, 1.82) is 0 Å². The first-order chi connectivity index (χ1) is 13.8. The van der Waals surface area contributed by atoms with E-state index in [0.29, 0.717) is 11.5 Å². The van der Waals surface area contributed by atoms with Crippen molar-refractivity contribution < 1.29 is 14.3 Å². The van der Waals surface area contributed by atoms with Crippen molar-refractivity contribution in [2.24, 2.45) is 5.92 Å². The van der Waals surface area contributed by atoms with Crippen molar-refractivity contribution in [1.82, 2.24) is 10.3 Å². The van der Waals surface area contributed by atoms with Crippen molar-refractivity contribution in [3.05, 3.63) is 53.9 Å². The summed E-state index contributed by atoms with van der Waals surface area (Å²) in [6.45, 7) is 5.75. The number of hydrogen-bond donors (Lipinski definition) is 2. The first-order valence-corrected chi connectivity index (χ1v) is 10.3. The average Bonchev–Trinajstić information content (AvgIpc) is 3.16. The number of carbonyl (C=O) groups is 1. The summed E-state index contributed by atoms with van der Waals surface area (Å²) >= 11 is 0. The number of aliphatic hydroxyl groups is 1. The van der Waals surface area contributed by atoms with E-state index in [1.807, 2.05) is 51.1 Å². The Hall–Kier alpha value is -2.66. The third-order valence-electron chi connectivity index (χ3n) is 6.19. The zero-order valence-electron chi connectivity index (χ0n) is 17.2. The van der Waals surface area contributed by atoms with Gasteiger partial charge in [-0.1, -0.05) is 6.07 Å². The minimum atomic E-state index is -0.645. The monoisotopic (exact) mass is 392 g/mol. The van der Waals surface area contributed by atoms with Crippen LogP contribution in [0.25, 0.3) is 22.2 Å². The van der Waals surface area contributed by atoms with Crippen molar-refractivity contribution in [2.45, 2.75) is 58.1 Å². The molecule has 1 amide bonds. The molecule has 0 spiro atoms. The lowest BCUT2D eigenvalue weighted by molar-refractivity contribution is -0.00257. The Morgan fingerprint density at radius 2 is 1.93 bits per heavy atom. The summed E-state index contributed by atoms with van der Waals surface area (Å²) in [4.78, 5) is 17.3. The molecule has 2 heterocycles. The average molecular weight is 392 g/mol. The molecule has 3 aromatic rings. The second-order valence-corrected chi connectivity index (χ2v) is 8.70. The highest BCUT2D eigenvalue weighted by Gasteiger charge is 2.31. The van der Waals surface area contributed by atoms with Crippen LogP contribution in [0, 0.1) is 12.8 Å². The second-order valence-electron chi connectivity index (χ2n) is 8.70. The number of carbonyl (C=O) groups excluding carboxylic acids is 1. The smallest absolute Gasteiger partial charge is 0.251 e. The molecule has 0 aliphatic heterocycles. The van der Waals surface area contributed by atoms with E-state index in [1.165, 1.54) is 0 Å². The van der Waals surface area contributed by atoms with Crippen LogP contribution in [-0.2, 0) is 0 Å². The predicted molar refractivity (Wildman–Crippen MR) is 114 cm³/mol. The largest absolute Gasteiger partial charge is 0.464 e. The molecule has 0 saturated heterocycles. The summed E-state index contributed by atoms with van der Waals surface area (Å²) in [5.41, 5.74) is 3.69. The van der Waals surface area contributed by atoms with Crippen LogP contribution in [0.4, 0.5) is 0 Å². The van der Waals surface area contributed by atoms with Gasteiger partial charge in [-0.05, 0) is 82.2 Å². The third-order valence-corrected chi connectivity index (χ3v) is 6.19. The lowest BCUT2D eigenvalue weighted by Crippen LogP contribution is -2.41. The number of amides is 1. The molecule has 4 rings (SSSR count). The van der Waals surface area contributed by atoms with Gasteiger partial charge in [-0.15, -0.1) is 0 Å². The Balaban J connectivity index is 1.47. The number of hydrogen-bond acceptors (Lipinski definition) is 4. The molecule has 29 heavy (non-hydrogen) atoms. The summed E-state index contributed by atoms with van der Waals surface area (Å²) in [6.07, 6.45) is 7.10. The molecule has 0 radical (unpaired) electrons. The molecular formula is C24H28N2O3. The molecule has 0 bridgehead atoms. The van der Waals surface area contributed by atoms with Gasteiger partial charge in [0.2, 0.25) is 0 Å². The quantitative estimate of drug-likeness (QED) is 0.665. The molecule has 0 unspecified atom stereocenters. The van der Waals surface area contributed by atoms with Crippen molar-refractivity contribution in [2.75, 3.05) is 0 Å². The fraction of sp³-hybridized carbons (Fsp3) is 0.417. The molecule has 1 aliphatic rings. The second kappa shape index (κ2) is 7.64. The van der Waals surface area contributed by atoms with Crippen LogP contribution in [0.1, 0.15) is 55.5 Å². The van der Waals surface area contributed by atoms with Crippen molar-refractivity contribution >= 4 is 16.9 Å². The number of fused-ring (bicyclic) bond motifs is 1. The molecule has 152 valence electrons. The number of aromatic nitrogens is 1. The summed E-state index contributed by atoms with van der Waals surface area (Å²) in [5, 5.41) is 14.3. The molecule has 1 fully saturated rings. The van der Waals surface area contributed by atoms with Gasteiger partial charge < -0.3 is 14.8 Å². The molecule has 1 saturated carbocycles. The molecule has 2 N–H and O–H groups in total. The van der Waals surface area contributed by atoms with E-state index >= 15 is 0 Å². The lowest BCUT2D eigenvalue weighted by Gasteiger charge is -2.36. The summed E-state index contributed by atoms with van der Waals surface area (Å²) in [5.74, 6) is 0.260. The molecule has 5 heteroatoms. The highest BCUT2D eigenvalue weighted by molar-refractivity contribution is 5.97. The number of aryl methyl sites for hydroxylation is 1. The summed E-state index contributed by atoms with van der Waals surface area (Å²) < 4.78 is 5.48. The minimum Gasteiger partial charge on any atom is -0.464 e. The van der Waals surface area contributed by atoms with E-state index in [4.69, 9.17) is 4.42 Å². The van der Waals surface area contributed by atoms with Gasteiger partial charge in [0.25, 0.3) is 5.91 Å². The third kappa shape index (κ3) is 4.06. The number of nitrogens with one attached hydrogen (secondary N) is 1. The Morgan fingerprint density at radius 1 is 1.17 bits per heavy atom. The lowest BCUT2D eigenvalue weighted by atomic mass is 9.77. The summed E-state index contributed by atoms with van der Waals surface area (Å²) in [6, 6.07) is 9.69.